The molecule has 0 saturated carbocycles. The average molecular weight is 498 g/mol. The minimum absolute atomic E-state index is 0.236. The van der Waals surface area contributed by atoms with Crippen molar-refractivity contribution in [3.63, 3.8) is 0 Å². The van der Waals surface area contributed by atoms with Gasteiger partial charge in [0.25, 0.3) is 5.91 Å². The third-order valence-corrected chi connectivity index (χ3v) is 6.59. The molecule has 3 heterocycles. The summed E-state index contributed by atoms with van der Waals surface area (Å²) < 4.78 is 21.5. The summed E-state index contributed by atoms with van der Waals surface area (Å²) in [6, 6.07) is 12.6. The molecule has 8 heteroatoms. The number of thioether (sulfide) groups is 1. The van der Waals surface area contributed by atoms with Gasteiger partial charge in [-0.05, 0) is 42.7 Å². The Morgan fingerprint density at radius 2 is 2.00 bits per heavy atom. The summed E-state index contributed by atoms with van der Waals surface area (Å²) in [7, 11) is 0. The highest BCUT2D eigenvalue weighted by Gasteiger charge is 2.31. The molecular weight excluding hydrogens is 481 g/mol. The monoisotopic (exact) mass is 497 g/mol. The maximum absolute atomic E-state index is 14.9. The lowest BCUT2D eigenvalue weighted by atomic mass is 10.0. The van der Waals surface area contributed by atoms with Crippen molar-refractivity contribution in [2.24, 2.45) is 0 Å². The van der Waals surface area contributed by atoms with Crippen LogP contribution in [0.25, 0.3) is 11.0 Å². The number of benzene rings is 2. The average Bonchev–Trinajstić information content (AvgIpc) is 3.16. The number of halogens is 2. The molecule has 0 aliphatic carbocycles. The number of para-hydroxylation sites is 1. The van der Waals surface area contributed by atoms with Gasteiger partial charge in [0.15, 0.2) is 10.9 Å². The Balaban J connectivity index is 1.56. The molecule has 2 aromatic carbocycles. The Bertz CT molecular complexity index is 1280. The highest BCUT2D eigenvalue weighted by Crippen LogP contribution is 2.37. The second-order valence-corrected chi connectivity index (χ2v) is 9.04. The maximum atomic E-state index is 14.9. The fraction of sp³-hybridized carbons (Fsp3) is 0.174. The summed E-state index contributed by atoms with van der Waals surface area (Å²) in [5.74, 6) is -0.0454. The molecule has 31 heavy (non-hydrogen) atoms. The number of anilines is 1. The van der Waals surface area contributed by atoms with Gasteiger partial charge in [-0.2, -0.15) is 0 Å². The number of furan rings is 1. The van der Waals surface area contributed by atoms with Crippen LogP contribution in [0.4, 0.5) is 10.1 Å². The first kappa shape index (κ1) is 20.2. The number of carbonyl (C=O) groups excluding carboxylic acids is 1. The van der Waals surface area contributed by atoms with E-state index in [2.05, 4.69) is 25.9 Å². The van der Waals surface area contributed by atoms with E-state index < -0.39 is 5.82 Å². The molecule has 0 saturated heterocycles. The van der Waals surface area contributed by atoms with Gasteiger partial charge in [0.05, 0.1) is 5.69 Å². The van der Waals surface area contributed by atoms with E-state index in [0.29, 0.717) is 33.2 Å². The van der Waals surface area contributed by atoms with Crippen LogP contribution in [0.1, 0.15) is 28.1 Å². The number of nitrogens with zero attached hydrogens (tertiary/aromatic N) is 3. The summed E-state index contributed by atoms with van der Waals surface area (Å²) >= 11 is 4.77. The minimum Gasteiger partial charge on any atom is -0.451 e. The third kappa shape index (κ3) is 3.85. The Hall–Kier alpha value is -2.71. The van der Waals surface area contributed by atoms with Crippen molar-refractivity contribution in [1.82, 2.24) is 9.97 Å². The predicted molar refractivity (Wildman–Crippen MR) is 122 cm³/mol. The van der Waals surface area contributed by atoms with Crippen molar-refractivity contribution >= 4 is 50.3 Å². The van der Waals surface area contributed by atoms with Gasteiger partial charge in [0.1, 0.15) is 11.4 Å². The molecule has 156 valence electrons. The van der Waals surface area contributed by atoms with E-state index >= 15 is 0 Å². The van der Waals surface area contributed by atoms with Crippen LogP contribution in [-0.2, 0) is 12.2 Å². The fourth-order valence-electron chi connectivity index (χ4n) is 3.89. The number of amides is 1. The van der Waals surface area contributed by atoms with Gasteiger partial charge in [-0.3, -0.25) is 4.79 Å². The number of aryl methyl sites for hydroxylation is 1. The van der Waals surface area contributed by atoms with E-state index in [1.807, 2.05) is 30.3 Å². The lowest BCUT2D eigenvalue weighted by Crippen LogP contribution is -2.36. The zero-order valence-electron chi connectivity index (χ0n) is 16.3. The molecule has 1 amide bonds. The zero-order valence-corrected chi connectivity index (χ0v) is 18.7. The number of hydrogen-bond acceptors (Lipinski definition) is 5. The highest BCUT2D eigenvalue weighted by molar-refractivity contribution is 9.10. The maximum Gasteiger partial charge on any atom is 0.294 e. The van der Waals surface area contributed by atoms with E-state index in [0.717, 1.165) is 29.4 Å². The molecule has 0 fully saturated rings. The molecule has 1 aliphatic heterocycles. The van der Waals surface area contributed by atoms with Crippen molar-refractivity contribution in [3.05, 3.63) is 82.0 Å². The van der Waals surface area contributed by atoms with Crippen LogP contribution < -0.4 is 4.90 Å². The van der Waals surface area contributed by atoms with Gasteiger partial charge < -0.3 is 9.32 Å². The standard InChI is InChI=1S/C23H17BrFN3O2S/c24-15-11-14-5-3-10-28(20(14)18(25)12-15)22(29)21-17(13-31-23-26-8-4-9-27-23)16-6-1-2-7-19(16)30-21/h1-2,4,6-9,11-12H,3,5,10,13H2. The Morgan fingerprint density at radius 1 is 1.19 bits per heavy atom. The predicted octanol–water partition coefficient (Wildman–Crippen LogP) is 6.01. The molecule has 0 bridgehead atoms. The van der Waals surface area contributed by atoms with Crippen molar-refractivity contribution in [2.75, 3.05) is 11.4 Å². The van der Waals surface area contributed by atoms with Gasteiger partial charge in [0, 0.05) is 40.1 Å². The largest absolute Gasteiger partial charge is 0.451 e. The lowest BCUT2D eigenvalue weighted by molar-refractivity contribution is 0.0958. The summed E-state index contributed by atoms with van der Waals surface area (Å²) in [6.07, 6.45) is 4.85. The van der Waals surface area contributed by atoms with Crippen LogP contribution in [0.3, 0.4) is 0 Å². The van der Waals surface area contributed by atoms with E-state index in [9.17, 15) is 9.18 Å². The van der Waals surface area contributed by atoms with Crippen molar-refractivity contribution in [1.29, 1.82) is 0 Å². The zero-order chi connectivity index (χ0) is 21.4. The van der Waals surface area contributed by atoms with Crippen LogP contribution >= 0.6 is 27.7 Å². The van der Waals surface area contributed by atoms with Gasteiger partial charge >= 0.3 is 0 Å². The Kier molecular flexibility index (Phi) is 5.50. The van der Waals surface area contributed by atoms with Crippen molar-refractivity contribution < 1.29 is 13.6 Å². The number of fused-ring (bicyclic) bond motifs is 2. The summed E-state index contributed by atoms with van der Waals surface area (Å²) in [4.78, 5) is 23.6. The van der Waals surface area contributed by atoms with Crippen LogP contribution in [-0.4, -0.2) is 22.4 Å². The molecular formula is C23H17BrFN3O2S. The van der Waals surface area contributed by atoms with Gasteiger partial charge in [0.2, 0.25) is 0 Å². The topological polar surface area (TPSA) is 59.2 Å². The number of aromatic nitrogens is 2. The first-order valence-corrected chi connectivity index (χ1v) is 11.6. The smallest absolute Gasteiger partial charge is 0.294 e. The Morgan fingerprint density at radius 3 is 2.84 bits per heavy atom. The molecule has 0 N–H and O–H groups in total. The summed E-state index contributed by atoms with van der Waals surface area (Å²) in [5.41, 5.74) is 2.55. The minimum atomic E-state index is -0.415. The van der Waals surface area contributed by atoms with Gasteiger partial charge in [-0.25, -0.2) is 14.4 Å². The summed E-state index contributed by atoms with van der Waals surface area (Å²) in [6.45, 7) is 0.440. The van der Waals surface area contributed by atoms with Crippen LogP contribution in [0.15, 0.2) is 68.9 Å². The van der Waals surface area contributed by atoms with Crippen LogP contribution in [0.2, 0.25) is 0 Å². The molecule has 0 spiro atoms. The van der Waals surface area contributed by atoms with Crippen LogP contribution in [0, 0.1) is 5.82 Å². The van der Waals surface area contributed by atoms with E-state index in [1.54, 1.807) is 18.5 Å². The number of hydrogen-bond donors (Lipinski definition) is 0. The Labute approximate surface area is 190 Å². The lowest BCUT2D eigenvalue weighted by Gasteiger charge is -2.29. The third-order valence-electron chi connectivity index (χ3n) is 5.23. The second kappa shape index (κ2) is 8.43. The van der Waals surface area contributed by atoms with E-state index in [-0.39, 0.29) is 11.7 Å². The number of carbonyl (C=O) groups is 1. The van der Waals surface area contributed by atoms with Crippen LogP contribution in [0.5, 0.6) is 0 Å². The van der Waals surface area contributed by atoms with Crippen molar-refractivity contribution in [2.45, 2.75) is 23.8 Å². The van der Waals surface area contributed by atoms with Gasteiger partial charge in [-0.15, -0.1) is 0 Å². The molecule has 0 atom stereocenters. The quantitative estimate of drug-likeness (QED) is 0.255. The molecule has 0 radical (unpaired) electrons. The molecule has 5 rings (SSSR count). The molecule has 5 nitrogen and oxygen atoms in total. The van der Waals surface area contributed by atoms with E-state index in [4.69, 9.17) is 4.42 Å². The summed E-state index contributed by atoms with van der Waals surface area (Å²) in [5, 5.41) is 1.48. The van der Waals surface area contributed by atoms with Gasteiger partial charge in [-0.1, -0.05) is 45.9 Å². The molecule has 4 aromatic rings. The highest BCUT2D eigenvalue weighted by atomic mass is 79.9. The normalized spacial score (nSPS) is 13.4. The second-order valence-electron chi connectivity index (χ2n) is 7.18. The molecule has 2 aromatic heterocycles. The SMILES string of the molecule is O=C(c1oc2ccccc2c1CSc1ncccn1)N1CCCc2cc(Br)cc(F)c21. The first-order chi connectivity index (χ1) is 15.1. The first-order valence-electron chi connectivity index (χ1n) is 9.82. The fourth-order valence-corrected chi connectivity index (χ4v) is 5.20. The number of rotatable bonds is 4. The van der Waals surface area contributed by atoms with Crippen molar-refractivity contribution in [3.8, 4) is 0 Å². The van der Waals surface area contributed by atoms with E-state index in [1.165, 1.54) is 22.7 Å². The molecule has 0 unspecified atom stereocenters. The molecule has 1 aliphatic rings.